The largest absolute Gasteiger partial charge is 0.396 e. The Morgan fingerprint density at radius 1 is 1.43 bits per heavy atom. The molecule has 0 aromatic carbocycles. The average Bonchev–Trinajstić information content (AvgIpc) is 2.53. The molecule has 2 N–H and O–H groups in total. The van der Waals surface area contributed by atoms with Crippen LogP contribution in [0.4, 0.5) is 11.6 Å². The van der Waals surface area contributed by atoms with E-state index in [9.17, 15) is 5.11 Å². The summed E-state index contributed by atoms with van der Waals surface area (Å²) in [7, 11) is 1.86. The van der Waals surface area contributed by atoms with Crippen molar-refractivity contribution in [2.75, 3.05) is 37.0 Å². The lowest BCUT2D eigenvalue weighted by molar-refractivity contribution is 0.128. The number of nitrogens with one attached hydrogen (secondary N) is 1. The molecule has 0 spiro atoms. The number of hydrogen-bond acceptors (Lipinski definition) is 6. The van der Waals surface area contributed by atoms with Gasteiger partial charge in [0.05, 0.1) is 0 Å². The molecule has 1 saturated heterocycles. The summed E-state index contributed by atoms with van der Waals surface area (Å²) >= 11 is 0. The van der Waals surface area contributed by atoms with E-state index in [1.807, 2.05) is 20.0 Å². The van der Waals surface area contributed by atoms with Gasteiger partial charge in [-0.25, -0.2) is 9.97 Å². The zero-order chi connectivity index (χ0) is 15.1. The van der Waals surface area contributed by atoms with Gasteiger partial charge in [0.2, 0.25) is 0 Å². The first-order valence-corrected chi connectivity index (χ1v) is 7.79. The second-order valence-corrected chi connectivity index (χ2v) is 5.27. The van der Waals surface area contributed by atoms with Crippen LogP contribution < -0.4 is 10.2 Å². The van der Waals surface area contributed by atoms with Crippen molar-refractivity contribution >= 4 is 11.6 Å². The van der Waals surface area contributed by atoms with Gasteiger partial charge in [-0.1, -0.05) is 0 Å². The zero-order valence-electron chi connectivity index (χ0n) is 13.0. The zero-order valence-corrected chi connectivity index (χ0v) is 13.0. The third kappa shape index (κ3) is 4.28. The Morgan fingerprint density at radius 2 is 2.29 bits per heavy atom. The average molecular weight is 294 g/mol. The van der Waals surface area contributed by atoms with Crippen LogP contribution in [0.25, 0.3) is 0 Å². The third-order valence-electron chi connectivity index (χ3n) is 3.83. The molecule has 1 aliphatic rings. The summed E-state index contributed by atoms with van der Waals surface area (Å²) in [5, 5.41) is 12.4. The molecule has 0 aliphatic carbocycles. The van der Waals surface area contributed by atoms with Gasteiger partial charge in [0.25, 0.3) is 0 Å². The lowest BCUT2D eigenvalue weighted by Crippen LogP contribution is -2.40. The van der Waals surface area contributed by atoms with E-state index in [0.29, 0.717) is 25.1 Å². The number of aliphatic hydroxyl groups excluding tert-OH is 1. The van der Waals surface area contributed by atoms with Crippen LogP contribution in [-0.2, 0) is 11.3 Å². The Balaban J connectivity index is 2.22. The molecule has 0 saturated carbocycles. The highest BCUT2D eigenvalue weighted by molar-refractivity contribution is 5.50. The van der Waals surface area contributed by atoms with Crippen LogP contribution in [-0.4, -0.2) is 47.9 Å². The van der Waals surface area contributed by atoms with Crippen molar-refractivity contribution in [3.63, 3.8) is 0 Å². The van der Waals surface area contributed by atoms with E-state index in [1.54, 1.807) is 0 Å². The maximum absolute atomic E-state index is 9.26. The van der Waals surface area contributed by atoms with Crippen LogP contribution in [0.15, 0.2) is 6.07 Å². The smallest absolute Gasteiger partial charge is 0.158 e. The fraction of sp³-hybridized carbons (Fsp3) is 0.733. The Morgan fingerprint density at radius 3 is 3.00 bits per heavy atom. The minimum absolute atomic E-state index is 0.219. The van der Waals surface area contributed by atoms with E-state index in [1.165, 1.54) is 12.8 Å². The van der Waals surface area contributed by atoms with Crippen LogP contribution >= 0.6 is 0 Å². The normalized spacial score (nSPS) is 18.8. The second-order valence-electron chi connectivity index (χ2n) is 5.27. The number of nitrogens with zero attached hydrogens (tertiary/aromatic N) is 3. The van der Waals surface area contributed by atoms with E-state index < -0.39 is 0 Å². The monoisotopic (exact) mass is 294 g/mol. The van der Waals surface area contributed by atoms with Crippen molar-refractivity contribution in [2.24, 2.45) is 0 Å². The summed E-state index contributed by atoms with van der Waals surface area (Å²) in [5.41, 5.74) is 0. The molecule has 0 amide bonds. The number of hydrogen-bond donors (Lipinski definition) is 2. The minimum atomic E-state index is 0.219. The lowest BCUT2D eigenvalue weighted by Gasteiger charge is -2.36. The predicted octanol–water partition coefficient (Wildman–Crippen LogP) is 1.80. The molecule has 2 rings (SSSR count). The molecular weight excluding hydrogens is 268 g/mol. The first-order chi connectivity index (χ1) is 10.3. The Labute approximate surface area is 126 Å². The third-order valence-corrected chi connectivity index (χ3v) is 3.83. The van der Waals surface area contributed by atoms with Gasteiger partial charge >= 0.3 is 0 Å². The van der Waals surface area contributed by atoms with Gasteiger partial charge in [-0.15, -0.1) is 0 Å². The van der Waals surface area contributed by atoms with Gasteiger partial charge in [0.1, 0.15) is 18.2 Å². The van der Waals surface area contributed by atoms with Gasteiger partial charge in [-0.3, -0.25) is 0 Å². The van der Waals surface area contributed by atoms with Crippen molar-refractivity contribution in [1.29, 1.82) is 0 Å². The number of aliphatic hydroxyl groups is 1. The molecule has 0 radical (unpaired) electrons. The molecule has 1 aromatic heterocycles. The van der Waals surface area contributed by atoms with Crippen molar-refractivity contribution in [3.05, 3.63) is 11.9 Å². The van der Waals surface area contributed by atoms with E-state index in [4.69, 9.17) is 4.74 Å². The first-order valence-electron chi connectivity index (χ1n) is 7.79. The highest BCUT2D eigenvalue weighted by Gasteiger charge is 2.24. The standard InChI is InChI=1S/C15H26N4O2/c1-3-21-11-14-17-13(16-2)10-15(18-14)19-8-5-4-6-12(19)7-9-20/h10,12,20H,3-9,11H2,1-2H3,(H,16,17,18). The van der Waals surface area contributed by atoms with Crippen LogP contribution in [0.5, 0.6) is 0 Å². The predicted molar refractivity (Wildman–Crippen MR) is 83.6 cm³/mol. The van der Waals surface area contributed by atoms with E-state index in [-0.39, 0.29) is 6.61 Å². The Kier molecular flexibility index (Phi) is 6.20. The molecule has 1 aromatic rings. The molecule has 118 valence electrons. The number of ether oxygens (including phenoxy) is 1. The van der Waals surface area contributed by atoms with Gasteiger partial charge in [-0.05, 0) is 32.6 Å². The highest BCUT2D eigenvalue weighted by Crippen LogP contribution is 2.26. The molecule has 21 heavy (non-hydrogen) atoms. The van der Waals surface area contributed by atoms with E-state index in [0.717, 1.165) is 31.0 Å². The number of rotatable bonds is 7. The second kappa shape index (κ2) is 8.14. The molecular formula is C15H26N4O2. The van der Waals surface area contributed by atoms with Crippen LogP contribution in [0, 0.1) is 0 Å². The summed E-state index contributed by atoms with van der Waals surface area (Å²) in [6, 6.07) is 2.34. The first kappa shape index (κ1) is 16.0. The van der Waals surface area contributed by atoms with Gasteiger partial charge in [0, 0.05) is 38.9 Å². The SMILES string of the molecule is CCOCc1nc(NC)cc(N2CCCCC2CCO)n1. The fourth-order valence-corrected chi connectivity index (χ4v) is 2.77. The van der Waals surface area contributed by atoms with Gasteiger partial charge in [-0.2, -0.15) is 0 Å². The molecule has 6 nitrogen and oxygen atoms in total. The van der Waals surface area contributed by atoms with Crippen LogP contribution in [0.3, 0.4) is 0 Å². The maximum Gasteiger partial charge on any atom is 0.158 e. The van der Waals surface area contributed by atoms with Crippen molar-refractivity contribution in [1.82, 2.24) is 9.97 Å². The van der Waals surface area contributed by atoms with E-state index in [2.05, 4.69) is 20.2 Å². The molecule has 6 heteroatoms. The van der Waals surface area contributed by atoms with Gasteiger partial charge in [0.15, 0.2) is 5.82 Å². The quantitative estimate of drug-likeness (QED) is 0.799. The number of piperidine rings is 1. The topological polar surface area (TPSA) is 70.5 Å². The van der Waals surface area contributed by atoms with Crippen molar-refractivity contribution in [2.45, 2.75) is 45.3 Å². The van der Waals surface area contributed by atoms with Gasteiger partial charge < -0.3 is 20.1 Å². The Hall–Kier alpha value is -1.40. The summed E-state index contributed by atoms with van der Waals surface area (Å²) in [4.78, 5) is 11.4. The molecule has 1 atom stereocenters. The number of anilines is 2. The van der Waals surface area contributed by atoms with Crippen LogP contribution in [0.2, 0.25) is 0 Å². The van der Waals surface area contributed by atoms with Crippen LogP contribution in [0.1, 0.15) is 38.4 Å². The highest BCUT2D eigenvalue weighted by atomic mass is 16.5. The molecule has 0 bridgehead atoms. The molecule has 1 fully saturated rings. The molecule has 1 unspecified atom stereocenters. The summed E-state index contributed by atoms with van der Waals surface area (Å²) in [6.45, 7) is 4.25. The summed E-state index contributed by atoms with van der Waals surface area (Å²) in [6.07, 6.45) is 4.29. The lowest BCUT2D eigenvalue weighted by atomic mass is 9.99. The Bertz CT molecular complexity index is 440. The fourth-order valence-electron chi connectivity index (χ4n) is 2.77. The number of aromatic nitrogens is 2. The summed E-state index contributed by atoms with van der Waals surface area (Å²) in [5.74, 6) is 2.44. The molecule has 1 aliphatic heterocycles. The molecule has 2 heterocycles. The maximum atomic E-state index is 9.26. The minimum Gasteiger partial charge on any atom is -0.396 e. The van der Waals surface area contributed by atoms with E-state index >= 15 is 0 Å². The summed E-state index contributed by atoms with van der Waals surface area (Å²) < 4.78 is 5.42. The van der Waals surface area contributed by atoms with Crippen molar-refractivity contribution in [3.8, 4) is 0 Å². The van der Waals surface area contributed by atoms with Crippen molar-refractivity contribution < 1.29 is 9.84 Å².